The van der Waals surface area contributed by atoms with Crippen molar-refractivity contribution in [2.75, 3.05) is 5.75 Å². The molecule has 1 aliphatic heterocycles. The van der Waals surface area contributed by atoms with E-state index in [1.807, 2.05) is 38.1 Å². The third kappa shape index (κ3) is 1.70. The fraction of sp³-hybridized carbons (Fsp3) is 0.538. The summed E-state index contributed by atoms with van der Waals surface area (Å²) in [6.07, 6.45) is 0.659. The molecule has 2 atom stereocenters. The minimum Gasteiger partial charge on any atom is -0.303 e. The van der Waals surface area contributed by atoms with E-state index in [0.29, 0.717) is 6.42 Å². The largest absolute Gasteiger partial charge is 0.303 e. The lowest BCUT2D eigenvalue weighted by Crippen LogP contribution is -2.57. The van der Waals surface area contributed by atoms with Gasteiger partial charge in [-0.1, -0.05) is 24.3 Å². The molecule has 1 aromatic carbocycles. The Kier molecular flexibility index (Phi) is 2.20. The van der Waals surface area contributed by atoms with Gasteiger partial charge in [0.2, 0.25) is 0 Å². The zero-order valence-electron chi connectivity index (χ0n) is 10.1. The molecule has 0 amide bonds. The summed E-state index contributed by atoms with van der Waals surface area (Å²) in [5, 5.41) is 3.22. The van der Waals surface area contributed by atoms with Gasteiger partial charge >= 0.3 is 0 Å². The SMILES string of the molecule is CC1(C)CS(=O)(=O)C2Cc3ccccc3C2N1. The molecule has 1 aliphatic carbocycles. The van der Waals surface area contributed by atoms with E-state index < -0.39 is 9.84 Å². The van der Waals surface area contributed by atoms with Gasteiger partial charge in [0.15, 0.2) is 9.84 Å². The van der Waals surface area contributed by atoms with Gasteiger partial charge in [0, 0.05) is 5.54 Å². The van der Waals surface area contributed by atoms with E-state index in [4.69, 9.17) is 0 Å². The van der Waals surface area contributed by atoms with Crippen LogP contribution in [0.5, 0.6) is 0 Å². The van der Waals surface area contributed by atoms with Crippen LogP contribution in [0.3, 0.4) is 0 Å². The molecule has 0 aromatic heterocycles. The minimum atomic E-state index is -3.00. The summed E-state index contributed by atoms with van der Waals surface area (Å²) in [6.45, 7) is 3.92. The highest BCUT2D eigenvalue weighted by Gasteiger charge is 2.48. The van der Waals surface area contributed by atoms with Crippen molar-refractivity contribution in [3.63, 3.8) is 0 Å². The molecule has 4 heteroatoms. The molecule has 2 aliphatic rings. The Labute approximate surface area is 102 Å². The highest BCUT2D eigenvalue weighted by Crippen LogP contribution is 2.40. The Morgan fingerprint density at radius 2 is 2.00 bits per heavy atom. The van der Waals surface area contributed by atoms with Gasteiger partial charge < -0.3 is 5.32 Å². The van der Waals surface area contributed by atoms with Crippen molar-refractivity contribution in [2.45, 2.75) is 37.1 Å². The van der Waals surface area contributed by atoms with E-state index in [0.717, 1.165) is 5.56 Å². The predicted octanol–water partition coefficient (Wildman–Crippen LogP) is 1.45. The van der Waals surface area contributed by atoms with Crippen LogP contribution in [0.25, 0.3) is 0 Å². The Morgan fingerprint density at radius 3 is 2.76 bits per heavy atom. The van der Waals surface area contributed by atoms with Gasteiger partial charge in [-0.15, -0.1) is 0 Å². The van der Waals surface area contributed by atoms with Gasteiger partial charge in [0.25, 0.3) is 0 Å². The van der Waals surface area contributed by atoms with E-state index in [2.05, 4.69) is 5.32 Å². The Morgan fingerprint density at radius 1 is 1.29 bits per heavy atom. The van der Waals surface area contributed by atoms with Crippen LogP contribution in [0.15, 0.2) is 24.3 Å². The van der Waals surface area contributed by atoms with Crippen LogP contribution >= 0.6 is 0 Å². The van der Waals surface area contributed by atoms with Crippen LogP contribution in [0.4, 0.5) is 0 Å². The molecular formula is C13H17NO2S. The van der Waals surface area contributed by atoms with E-state index in [1.165, 1.54) is 5.56 Å². The fourth-order valence-corrected chi connectivity index (χ4v) is 5.50. The molecule has 3 rings (SSSR count). The van der Waals surface area contributed by atoms with Crippen molar-refractivity contribution in [2.24, 2.45) is 0 Å². The first kappa shape index (κ1) is 11.2. The molecular weight excluding hydrogens is 234 g/mol. The summed E-state index contributed by atoms with van der Waals surface area (Å²) in [6, 6.07) is 8.02. The van der Waals surface area contributed by atoms with E-state index in [-0.39, 0.29) is 22.6 Å². The number of nitrogens with one attached hydrogen (secondary N) is 1. The van der Waals surface area contributed by atoms with Crippen LogP contribution < -0.4 is 5.32 Å². The molecule has 0 bridgehead atoms. The minimum absolute atomic E-state index is 0.0278. The van der Waals surface area contributed by atoms with Gasteiger partial charge in [0.05, 0.1) is 17.0 Å². The first-order chi connectivity index (χ1) is 7.89. The van der Waals surface area contributed by atoms with Crippen molar-refractivity contribution in [3.8, 4) is 0 Å². The maximum absolute atomic E-state index is 12.3. The average Bonchev–Trinajstić information content (AvgIpc) is 2.55. The molecule has 1 aromatic rings. The molecule has 0 radical (unpaired) electrons. The maximum Gasteiger partial charge on any atom is 0.157 e. The third-order valence-electron chi connectivity index (χ3n) is 3.75. The molecule has 17 heavy (non-hydrogen) atoms. The number of hydrogen-bond donors (Lipinski definition) is 1. The average molecular weight is 251 g/mol. The van der Waals surface area contributed by atoms with Crippen molar-refractivity contribution < 1.29 is 8.42 Å². The van der Waals surface area contributed by atoms with E-state index in [1.54, 1.807) is 0 Å². The quantitative estimate of drug-likeness (QED) is 0.759. The van der Waals surface area contributed by atoms with Crippen molar-refractivity contribution in [3.05, 3.63) is 35.4 Å². The van der Waals surface area contributed by atoms with Gasteiger partial charge in [-0.2, -0.15) is 0 Å². The second-order valence-electron chi connectivity index (χ2n) is 5.75. The zero-order chi connectivity index (χ0) is 12.3. The lowest BCUT2D eigenvalue weighted by molar-refractivity contribution is 0.338. The summed E-state index contributed by atoms with van der Waals surface area (Å²) in [5.74, 6) is 0.231. The fourth-order valence-electron chi connectivity index (χ4n) is 3.14. The summed E-state index contributed by atoms with van der Waals surface area (Å²) in [5.41, 5.74) is 2.00. The normalized spacial score (nSPS) is 32.8. The second kappa shape index (κ2) is 3.33. The molecule has 0 saturated carbocycles. The number of rotatable bonds is 0. The van der Waals surface area contributed by atoms with E-state index >= 15 is 0 Å². The monoisotopic (exact) mass is 251 g/mol. The highest BCUT2D eigenvalue weighted by molar-refractivity contribution is 7.92. The molecule has 1 N–H and O–H groups in total. The van der Waals surface area contributed by atoms with Gasteiger partial charge in [-0.25, -0.2) is 8.42 Å². The van der Waals surface area contributed by atoms with Gasteiger partial charge in [-0.3, -0.25) is 0 Å². The Hall–Kier alpha value is -0.870. The van der Waals surface area contributed by atoms with Crippen LogP contribution in [0.2, 0.25) is 0 Å². The van der Waals surface area contributed by atoms with Gasteiger partial charge in [-0.05, 0) is 31.4 Å². The molecule has 0 spiro atoms. The maximum atomic E-state index is 12.3. The van der Waals surface area contributed by atoms with Crippen LogP contribution in [-0.4, -0.2) is 25.0 Å². The molecule has 1 fully saturated rings. The summed E-state index contributed by atoms with van der Waals surface area (Å²) in [7, 11) is -3.00. The first-order valence-corrected chi connectivity index (χ1v) is 7.68. The van der Waals surface area contributed by atoms with Crippen LogP contribution in [0, 0.1) is 0 Å². The van der Waals surface area contributed by atoms with E-state index in [9.17, 15) is 8.42 Å². The van der Waals surface area contributed by atoms with Crippen LogP contribution in [0.1, 0.15) is 31.0 Å². The molecule has 1 heterocycles. The standard InChI is InChI=1S/C13H17NO2S/c1-13(2)8-17(15,16)11-7-9-5-3-4-6-10(9)12(11)14-13/h3-6,11-12,14H,7-8H2,1-2H3. The lowest BCUT2D eigenvalue weighted by atomic mass is 10.0. The zero-order valence-corrected chi connectivity index (χ0v) is 10.9. The summed E-state index contributed by atoms with van der Waals surface area (Å²) in [4.78, 5) is 0. The number of fused-ring (bicyclic) bond motifs is 3. The summed E-state index contributed by atoms with van der Waals surface area (Å²) >= 11 is 0. The number of benzene rings is 1. The summed E-state index contributed by atoms with van der Waals surface area (Å²) < 4.78 is 24.6. The third-order valence-corrected chi connectivity index (χ3v) is 6.24. The van der Waals surface area contributed by atoms with Crippen molar-refractivity contribution >= 4 is 9.84 Å². The van der Waals surface area contributed by atoms with Gasteiger partial charge in [0.1, 0.15) is 0 Å². The lowest BCUT2D eigenvalue weighted by Gasteiger charge is -2.39. The Bertz CT molecular complexity index is 563. The van der Waals surface area contributed by atoms with Crippen molar-refractivity contribution in [1.82, 2.24) is 5.32 Å². The molecule has 1 saturated heterocycles. The number of sulfone groups is 1. The molecule has 3 nitrogen and oxygen atoms in total. The Balaban J connectivity index is 2.11. The predicted molar refractivity (Wildman–Crippen MR) is 67.7 cm³/mol. The van der Waals surface area contributed by atoms with Crippen molar-refractivity contribution in [1.29, 1.82) is 0 Å². The molecule has 92 valence electrons. The number of hydrogen-bond acceptors (Lipinski definition) is 3. The second-order valence-corrected chi connectivity index (χ2v) is 7.97. The topological polar surface area (TPSA) is 46.2 Å². The first-order valence-electron chi connectivity index (χ1n) is 5.96. The van der Waals surface area contributed by atoms with Crippen LogP contribution in [-0.2, 0) is 16.3 Å². The smallest absolute Gasteiger partial charge is 0.157 e. The highest BCUT2D eigenvalue weighted by atomic mass is 32.2. The molecule has 2 unspecified atom stereocenters.